The van der Waals surface area contributed by atoms with Gasteiger partial charge < -0.3 is 15.6 Å². The summed E-state index contributed by atoms with van der Waals surface area (Å²) >= 11 is 0. The van der Waals surface area contributed by atoms with E-state index in [0.29, 0.717) is 31.7 Å². The number of primary amides is 1. The molecule has 1 aliphatic heterocycles. The van der Waals surface area contributed by atoms with Crippen LogP contribution in [0, 0.1) is 0 Å². The predicted molar refractivity (Wildman–Crippen MR) is 84.5 cm³/mol. The molecule has 23 heavy (non-hydrogen) atoms. The van der Waals surface area contributed by atoms with Crippen LogP contribution in [0.5, 0.6) is 0 Å². The van der Waals surface area contributed by atoms with Crippen molar-refractivity contribution in [2.75, 3.05) is 32.7 Å². The summed E-state index contributed by atoms with van der Waals surface area (Å²) in [6, 6.07) is 0. The summed E-state index contributed by atoms with van der Waals surface area (Å²) < 4.78 is 1.71. The highest BCUT2D eigenvalue weighted by atomic mass is 16.2. The minimum atomic E-state index is -0.339. The molecular formula is C15H20N6O2. The number of aromatic amines is 1. The van der Waals surface area contributed by atoms with E-state index in [2.05, 4.69) is 10.1 Å². The number of piperazine rings is 1. The Hall–Kier alpha value is -2.61. The molecule has 1 saturated heterocycles. The molecule has 0 atom stereocenters. The fourth-order valence-electron chi connectivity index (χ4n) is 2.84. The maximum absolute atomic E-state index is 12.8. The van der Waals surface area contributed by atoms with Crippen molar-refractivity contribution in [3.05, 3.63) is 30.4 Å². The van der Waals surface area contributed by atoms with Gasteiger partial charge in [-0.1, -0.05) is 0 Å². The van der Waals surface area contributed by atoms with Crippen LogP contribution >= 0.6 is 0 Å². The molecule has 0 unspecified atom stereocenters. The van der Waals surface area contributed by atoms with Gasteiger partial charge in [0.2, 0.25) is 5.91 Å². The molecule has 3 heterocycles. The third-order valence-electron chi connectivity index (χ3n) is 4.03. The molecule has 8 nitrogen and oxygen atoms in total. The molecule has 0 aliphatic carbocycles. The average molecular weight is 316 g/mol. The van der Waals surface area contributed by atoms with Crippen LogP contribution in [0.2, 0.25) is 0 Å². The van der Waals surface area contributed by atoms with Crippen molar-refractivity contribution in [1.82, 2.24) is 24.6 Å². The van der Waals surface area contributed by atoms with Crippen LogP contribution in [0.15, 0.2) is 24.8 Å². The zero-order valence-corrected chi connectivity index (χ0v) is 13.0. The highest BCUT2D eigenvalue weighted by Gasteiger charge is 2.25. The third-order valence-corrected chi connectivity index (χ3v) is 4.03. The van der Waals surface area contributed by atoms with Gasteiger partial charge in [-0.05, 0) is 0 Å². The summed E-state index contributed by atoms with van der Waals surface area (Å²) in [5.41, 5.74) is 7.60. The van der Waals surface area contributed by atoms with Gasteiger partial charge in [0.1, 0.15) is 0 Å². The van der Waals surface area contributed by atoms with E-state index >= 15 is 0 Å². The standard InChI is InChI=1S/C15H20N6O2/c1-19-9-11(6-18-19)12-7-17-8-13(12)15(23)21-4-2-20(3-5-21)10-14(16)22/h6-9,17H,2-5,10H2,1H3,(H2,16,22). The first-order chi connectivity index (χ1) is 11.0. The van der Waals surface area contributed by atoms with Crippen molar-refractivity contribution < 1.29 is 9.59 Å². The Labute approximate surface area is 133 Å². The lowest BCUT2D eigenvalue weighted by Crippen LogP contribution is -2.50. The first-order valence-electron chi connectivity index (χ1n) is 7.50. The number of aryl methyl sites for hydroxylation is 1. The van der Waals surface area contributed by atoms with Crippen LogP contribution < -0.4 is 5.73 Å². The number of amides is 2. The van der Waals surface area contributed by atoms with Gasteiger partial charge in [0.25, 0.3) is 5.91 Å². The second-order valence-electron chi connectivity index (χ2n) is 5.72. The van der Waals surface area contributed by atoms with E-state index in [9.17, 15) is 9.59 Å². The summed E-state index contributed by atoms with van der Waals surface area (Å²) in [6.45, 7) is 2.73. The molecule has 2 amide bonds. The smallest absolute Gasteiger partial charge is 0.256 e. The Balaban J connectivity index is 1.70. The van der Waals surface area contributed by atoms with Crippen LogP contribution in [0.25, 0.3) is 11.1 Å². The molecule has 3 rings (SSSR count). The second-order valence-corrected chi connectivity index (χ2v) is 5.72. The largest absolute Gasteiger partial charge is 0.369 e. The molecule has 3 N–H and O–H groups in total. The highest BCUT2D eigenvalue weighted by Crippen LogP contribution is 2.24. The van der Waals surface area contributed by atoms with Crippen LogP contribution in [0.3, 0.4) is 0 Å². The maximum atomic E-state index is 12.8. The average Bonchev–Trinajstić information content (AvgIpc) is 3.15. The van der Waals surface area contributed by atoms with E-state index < -0.39 is 0 Å². The first-order valence-corrected chi connectivity index (χ1v) is 7.50. The third kappa shape index (κ3) is 3.26. The Morgan fingerprint density at radius 2 is 2.00 bits per heavy atom. The summed E-state index contributed by atoms with van der Waals surface area (Å²) in [5, 5.41) is 4.15. The molecule has 0 radical (unpaired) electrons. The van der Waals surface area contributed by atoms with Crippen molar-refractivity contribution in [3.8, 4) is 11.1 Å². The van der Waals surface area contributed by atoms with Crippen molar-refractivity contribution in [3.63, 3.8) is 0 Å². The maximum Gasteiger partial charge on any atom is 0.256 e. The lowest BCUT2D eigenvalue weighted by molar-refractivity contribution is -0.119. The molecule has 1 aliphatic rings. The second kappa shape index (κ2) is 6.25. The minimum Gasteiger partial charge on any atom is -0.369 e. The van der Waals surface area contributed by atoms with Gasteiger partial charge in [0.05, 0.1) is 18.3 Å². The van der Waals surface area contributed by atoms with Gasteiger partial charge >= 0.3 is 0 Å². The van der Waals surface area contributed by atoms with Gasteiger partial charge in [-0.3, -0.25) is 19.2 Å². The van der Waals surface area contributed by atoms with Crippen LogP contribution in [0.1, 0.15) is 10.4 Å². The van der Waals surface area contributed by atoms with Crippen LogP contribution in [-0.2, 0) is 11.8 Å². The summed E-state index contributed by atoms with van der Waals surface area (Å²) in [4.78, 5) is 30.5. The zero-order chi connectivity index (χ0) is 16.4. The van der Waals surface area contributed by atoms with E-state index in [1.807, 2.05) is 24.3 Å². The number of aromatic nitrogens is 3. The molecule has 0 spiro atoms. The quantitative estimate of drug-likeness (QED) is 0.806. The normalized spacial score (nSPS) is 15.8. The molecule has 1 fully saturated rings. The van der Waals surface area contributed by atoms with E-state index in [0.717, 1.165) is 11.1 Å². The molecular weight excluding hydrogens is 296 g/mol. The molecule has 2 aromatic rings. The summed E-state index contributed by atoms with van der Waals surface area (Å²) in [7, 11) is 1.84. The first kappa shape index (κ1) is 15.3. The molecule has 0 saturated carbocycles. The molecule has 122 valence electrons. The Kier molecular flexibility index (Phi) is 4.16. The van der Waals surface area contributed by atoms with E-state index in [1.54, 1.807) is 22.0 Å². The number of hydrogen-bond donors (Lipinski definition) is 2. The number of carbonyl (C=O) groups is 2. The number of H-pyrrole nitrogens is 1. The fourth-order valence-corrected chi connectivity index (χ4v) is 2.84. The Morgan fingerprint density at radius 3 is 2.61 bits per heavy atom. The van der Waals surface area contributed by atoms with Crippen LogP contribution in [0.4, 0.5) is 0 Å². The molecule has 0 aromatic carbocycles. The number of nitrogens with one attached hydrogen (secondary N) is 1. The fraction of sp³-hybridized carbons (Fsp3) is 0.400. The highest BCUT2D eigenvalue weighted by molar-refractivity contribution is 6.00. The number of nitrogens with two attached hydrogens (primary N) is 1. The Bertz CT molecular complexity index is 711. The van der Waals surface area contributed by atoms with E-state index in [1.165, 1.54) is 0 Å². The van der Waals surface area contributed by atoms with Crippen molar-refractivity contribution in [2.45, 2.75) is 0 Å². The van der Waals surface area contributed by atoms with E-state index in [4.69, 9.17) is 5.73 Å². The Morgan fingerprint density at radius 1 is 1.26 bits per heavy atom. The van der Waals surface area contributed by atoms with Crippen molar-refractivity contribution in [1.29, 1.82) is 0 Å². The van der Waals surface area contributed by atoms with Crippen LogP contribution in [-0.4, -0.2) is 69.1 Å². The van der Waals surface area contributed by atoms with Gasteiger partial charge in [-0.15, -0.1) is 0 Å². The number of carbonyl (C=O) groups excluding carboxylic acids is 2. The minimum absolute atomic E-state index is 0.0103. The number of nitrogens with zero attached hydrogens (tertiary/aromatic N) is 4. The lowest BCUT2D eigenvalue weighted by atomic mass is 10.1. The van der Waals surface area contributed by atoms with Gasteiger partial charge in [-0.2, -0.15) is 5.10 Å². The SMILES string of the molecule is Cn1cc(-c2c[nH]cc2C(=O)N2CCN(CC(N)=O)CC2)cn1. The molecule has 8 heteroatoms. The molecule has 0 bridgehead atoms. The summed E-state index contributed by atoms with van der Waals surface area (Å²) in [6.07, 6.45) is 7.16. The lowest BCUT2D eigenvalue weighted by Gasteiger charge is -2.34. The predicted octanol–water partition coefficient (Wildman–Crippen LogP) is -0.342. The summed E-state index contributed by atoms with van der Waals surface area (Å²) in [5.74, 6) is -0.349. The van der Waals surface area contributed by atoms with Crippen molar-refractivity contribution >= 4 is 11.8 Å². The van der Waals surface area contributed by atoms with Gasteiger partial charge in [0.15, 0.2) is 0 Å². The van der Waals surface area contributed by atoms with Gasteiger partial charge in [-0.25, -0.2) is 0 Å². The monoisotopic (exact) mass is 316 g/mol. The number of rotatable bonds is 4. The molecule has 2 aromatic heterocycles. The topological polar surface area (TPSA) is 100 Å². The number of hydrogen-bond acceptors (Lipinski definition) is 4. The zero-order valence-electron chi connectivity index (χ0n) is 13.0. The van der Waals surface area contributed by atoms with Crippen molar-refractivity contribution in [2.24, 2.45) is 12.8 Å². The van der Waals surface area contributed by atoms with E-state index in [-0.39, 0.29) is 18.4 Å². The van der Waals surface area contributed by atoms with Gasteiger partial charge in [0, 0.05) is 62.9 Å².